The highest BCUT2D eigenvalue weighted by Crippen LogP contribution is 2.28. The Morgan fingerprint density at radius 1 is 1.21 bits per heavy atom. The minimum Gasteiger partial charge on any atom is -0.490 e. The van der Waals surface area contributed by atoms with Gasteiger partial charge in [-0.1, -0.05) is 17.3 Å². The lowest BCUT2D eigenvalue weighted by Crippen LogP contribution is -2.20. The maximum atomic E-state index is 12.0. The molecule has 0 saturated heterocycles. The van der Waals surface area contributed by atoms with Crippen LogP contribution in [0, 0.1) is 6.92 Å². The van der Waals surface area contributed by atoms with Crippen molar-refractivity contribution in [2.24, 2.45) is 5.16 Å². The minimum atomic E-state index is -0.260. The summed E-state index contributed by atoms with van der Waals surface area (Å²) in [5, 5.41) is 14.3. The number of nitrogens with zero attached hydrogens (tertiary/aromatic N) is 1. The lowest BCUT2D eigenvalue weighted by atomic mass is 10.2. The second kappa shape index (κ2) is 8.57. The summed E-state index contributed by atoms with van der Waals surface area (Å²) in [6.07, 6.45) is 1.29. The first kappa shape index (κ1) is 17.3. The molecule has 1 amide bonds. The van der Waals surface area contributed by atoms with E-state index < -0.39 is 0 Å². The highest BCUT2D eigenvalue weighted by Gasteiger charge is 2.09. The molecule has 6 nitrogen and oxygen atoms in total. The van der Waals surface area contributed by atoms with E-state index in [0.717, 1.165) is 11.3 Å². The van der Waals surface area contributed by atoms with Crippen LogP contribution in [-0.4, -0.2) is 30.5 Å². The van der Waals surface area contributed by atoms with Crippen molar-refractivity contribution in [3.8, 4) is 11.5 Å². The van der Waals surface area contributed by atoms with Gasteiger partial charge in [-0.05, 0) is 49.7 Å². The van der Waals surface area contributed by atoms with Crippen molar-refractivity contribution >= 4 is 17.8 Å². The van der Waals surface area contributed by atoms with Gasteiger partial charge in [0.15, 0.2) is 18.1 Å². The third-order valence-corrected chi connectivity index (χ3v) is 3.14. The third kappa shape index (κ3) is 5.01. The van der Waals surface area contributed by atoms with Crippen LogP contribution < -0.4 is 14.8 Å². The molecule has 0 fully saturated rings. The van der Waals surface area contributed by atoms with Crippen molar-refractivity contribution in [2.45, 2.75) is 13.8 Å². The highest BCUT2D eigenvalue weighted by molar-refractivity contribution is 5.92. The molecular formula is C18H20N2O4. The van der Waals surface area contributed by atoms with Crippen LogP contribution in [0.25, 0.3) is 0 Å². The molecular weight excluding hydrogens is 308 g/mol. The predicted molar refractivity (Wildman–Crippen MR) is 92.3 cm³/mol. The molecule has 0 aliphatic carbocycles. The van der Waals surface area contributed by atoms with Crippen LogP contribution in [-0.2, 0) is 4.79 Å². The van der Waals surface area contributed by atoms with Crippen molar-refractivity contribution in [2.75, 3.05) is 18.5 Å². The van der Waals surface area contributed by atoms with Crippen molar-refractivity contribution in [1.82, 2.24) is 0 Å². The summed E-state index contributed by atoms with van der Waals surface area (Å²) in [5.74, 6) is 0.675. The summed E-state index contributed by atoms with van der Waals surface area (Å²) in [6.45, 7) is 4.12. The fraction of sp³-hybridized carbons (Fsp3) is 0.222. The first-order valence-corrected chi connectivity index (χ1v) is 7.56. The summed E-state index contributed by atoms with van der Waals surface area (Å²) in [6, 6.07) is 12.6. The largest absolute Gasteiger partial charge is 0.490 e. The molecule has 0 aliphatic rings. The number of carbonyl (C=O) groups is 1. The van der Waals surface area contributed by atoms with Gasteiger partial charge in [-0.2, -0.15) is 0 Å². The number of hydrogen-bond donors (Lipinski definition) is 2. The Hall–Kier alpha value is -3.02. The topological polar surface area (TPSA) is 80.2 Å². The third-order valence-electron chi connectivity index (χ3n) is 3.14. The fourth-order valence-electron chi connectivity index (χ4n) is 2.12. The molecule has 0 saturated carbocycles. The highest BCUT2D eigenvalue weighted by atomic mass is 16.5. The van der Waals surface area contributed by atoms with Crippen LogP contribution in [0.5, 0.6) is 11.5 Å². The van der Waals surface area contributed by atoms with Gasteiger partial charge < -0.3 is 20.0 Å². The van der Waals surface area contributed by atoms with Gasteiger partial charge in [-0.25, -0.2) is 0 Å². The van der Waals surface area contributed by atoms with Crippen molar-refractivity contribution in [1.29, 1.82) is 0 Å². The molecule has 0 aromatic heterocycles. The van der Waals surface area contributed by atoms with Crippen LogP contribution >= 0.6 is 0 Å². The molecule has 0 aliphatic heterocycles. The molecule has 0 radical (unpaired) electrons. The van der Waals surface area contributed by atoms with Crippen molar-refractivity contribution in [3.63, 3.8) is 0 Å². The number of carbonyl (C=O) groups excluding carboxylic acids is 1. The summed E-state index contributed by atoms with van der Waals surface area (Å²) in [4.78, 5) is 12.0. The van der Waals surface area contributed by atoms with Gasteiger partial charge in [0.1, 0.15) is 0 Å². The number of amides is 1. The average molecular weight is 328 g/mol. The van der Waals surface area contributed by atoms with E-state index in [-0.39, 0.29) is 12.5 Å². The van der Waals surface area contributed by atoms with Gasteiger partial charge in [0.05, 0.1) is 12.8 Å². The first-order chi connectivity index (χ1) is 11.6. The molecule has 0 bridgehead atoms. The molecule has 6 heteroatoms. The summed E-state index contributed by atoms with van der Waals surface area (Å²) < 4.78 is 11.0. The zero-order valence-corrected chi connectivity index (χ0v) is 13.7. The molecule has 2 aromatic rings. The maximum absolute atomic E-state index is 12.0. The second-order valence-electron chi connectivity index (χ2n) is 5.09. The zero-order chi connectivity index (χ0) is 17.4. The molecule has 24 heavy (non-hydrogen) atoms. The Morgan fingerprint density at radius 2 is 2.04 bits per heavy atom. The Morgan fingerprint density at radius 3 is 2.75 bits per heavy atom. The van der Waals surface area contributed by atoms with E-state index in [1.807, 2.05) is 38.1 Å². The standard InChI is InChI=1S/C18H20N2O4/c1-3-23-17-10-14(11-19-22)7-8-16(17)24-12-18(21)20-15-6-4-5-13(2)9-15/h4-11,22H,3,12H2,1-2H3,(H,20,21)/b19-11+. The number of anilines is 1. The smallest absolute Gasteiger partial charge is 0.262 e. The Kier molecular flexibility index (Phi) is 6.19. The number of aryl methyl sites for hydroxylation is 1. The SMILES string of the molecule is CCOc1cc(/C=N/O)ccc1OCC(=O)Nc1cccc(C)c1. The van der Waals surface area contributed by atoms with Gasteiger partial charge in [0.2, 0.25) is 0 Å². The normalized spacial score (nSPS) is 10.6. The maximum Gasteiger partial charge on any atom is 0.262 e. The molecule has 126 valence electrons. The number of ether oxygens (including phenoxy) is 2. The Labute approximate surface area is 140 Å². The first-order valence-electron chi connectivity index (χ1n) is 7.56. The van der Waals surface area contributed by atoms with E-state index in [1.54, 1.807) is 18.2 Å². The van der Waals surface area contributed by atoms with Crippen LogP contribution in [0.15, 0.2) is 47.6 Å². The number of nitrogens with one attached hydrogen (secondary N) is 1. The zero-order valence-electron chi connectivity index (χ0n) is 13.7. The van der Waals surface area contributed by atoms with E-state index in [0.29, 0.717) is 23.7 Å². The number of oxime groups is 1. The van der Waals surface area contributed by atoms with Gasteiger partial charge in [-0.15, -0.1) is 0 Å². The van der Waals surface area contributed by atoms with Gasteiger partial charge in [-0.3, -0.25) is 4.79 Å². The van der Waals surface area contributed by atoms with E-state index in [2.05, 4.69) is 10.5 Å². The summed E-state index contributed by atoms with van der Waals surface area (Å²) in [5.41, 5.74) is 2.45. The van der Waals surface area contributed by atoms with Crippen LogP contribution in [0.2, 0.25) is 0 Å². The molecule has 0 heterocycles. The predicted octanol–water partition coefficient (Wildman–Crippen LogP) is 3.22. The van der Waals surface area contributed by atoms with Gasteiger partial charge >= 0.3 is 0 Å². The summed E-state index contributed by atoms with van der Waals surface area (Å²) >= 11 is 0. The minimum absolute atomic E-state index is 0.137. The van der Waals surface area contributed by atoms with Crippen LogP contribution in [0.4, 0.5) is 5.69 Å². The van der Waals surface area contributed by atoms with E-state index in [1.165, 1.54) is 6.21 Å². The van der Waals surface area contributed by atoms with E-state index >= 15 is 0 Å². The average Bonchev–Trinajstić information content (AvgIpc) is 2.55. The van der Waals surface area contributed by atoms with Crippen LogP contribution in [0.1, 0.15) is 18.1 Å². The second-order valence-corrected chi connectivity index (χ2v) is 5.09. The van der Waals surface area contributed by atoms with E-state index in [4.69, 9.17) is 14.7 Å². The molecule has 2 rings (SSSR count). The summed E-state index contributed by atoms with van der Waals surface area (Å²) in [7, 11) is 0. The van der Waals surface area contributed by atoms with E-state index in [9.17, 15) is 4.79 Å². The van der Waals surface area contributed by atoms with Gasteiger partial charge in [0, 0.05) is 11.3 Å². The molecule has 0 unspecified atom stereocenters. The molecule has 2 N–H and O–H groups in total. The van der Waals surface area contributed by atoms with Crippen molar-refractivity contribution in [3.05, 3.63) is 53.6 Å². The Bertz CT molecular complexity index is 729. The van der Waals surface area contributed by atoms with Gasteiger partial charge in [0.25, 0.3) is 5.91 Å². The number of benzene rings is 2. The van der Waals surface area contributed by atoms with Crippen LogP contribution in [0.3, 0.4) is 0 Å². The molecule has 0 spiro atoms. The quantitative estimate of drug-likeness (QED) is 0.464. The fourth-order valence-corrected chi connectivity index (χ4v) is 2.12. The van der Waals surface area contributed by atoms with Crippen molar-refractivity contribution < 1.29 is 19.5 Å². The molecule has 2 aromatic carbocycles. The number of rotatable bonds is 7. The monoisotopic (exact) mass is 328 g/mol. The lowest BCUT2D eigenvalue weighted by Gasteiger charge is -2.12. The Balaban J connectivity index is 2.01. The number of hydrogen-bond acceptors (Lipinski definition) is 5. The molecule has 0 atom stereocenters. The lowest BCUT2D eigenvalue weighted by molar-refractivity contribution is -0.118.